The SMILES string of the molecule is CCCC(NCC(=O)NCC(c1ccccc1)N(C)C)C(=O)O. The van der Waals surface area contributed by atoms with Crippen LogP contribution in [0.3, 0.4) is 0 Å². The minimum Gasteiger partial charge on any atom is -0.480 e. The van der Waals surface area contributed by atoms with E-state index in [2.05, 4.69) is 10.6 Å². The van der Waals surface area contributed by atoms with Gasteiger partial charge in [-0.05, 0) is 26.1 Å². The van der Waals surface area contributed by atoms with Crippen LogP contribution in [0.15, 0.2) is 30.3 Å². The highest BCUT2D eigenvalue weighted by Gasteiger charge is 2.18. The zero-order valence-corrected chi connectivity index (χ0v) is 14.1. The standard InChI is InChI=1S/C17H27N3O3/c1-4-8-14(17(22)23)18-12-16(21)19-11-15(20(2)3)13-9-6-5-7-10-13/h5-7,9-10,14-15,18H,4,8,11-12H2,1-3H3,(H,19,21)(H,22,23). The molecule has 128 valence electrons. The fraction of sp³-hybridized carbons (Fsp3) is 0.529. The summed E-state index contributed by atoms with van der Waals surface area (Å²) in [5, 5.41) is 14.7. The fourth-order valence-corrected chi connectivity index (χ4v) is 2.36. The maximum absolute atomic E-state index is 11.9. The van der Waals surface area contributed by atoms with Crippen molar-refractivity contribution in [2.24, 2.45) is 0 Å². The molecule has 3 N–H and O–H groups in total. The zero-order valence-electron chi connectivity index (χ0n) is 14.1. The van der Waals surface area contributed by atoms with Crippen LogP contribution in [0.1, 0.15) is 31.4 Å². The lowest BCUT2D eigenvalue weighted by atomic mass is 10.1. The van der Waals surface area contributed by atoms with Crippen LogP contribution in [-0.4, -0.2) is 55.1 Å². The molecule has 1 rings (SSSR count). The first-order valence-electron chi connectivity index (χ1n) is 7.90. The van der Waals surface area contributed by atoms with Crippen molar-refractivity contribution in [1.29, 1.82) is 0 Å². The summed E-state index contributed by atoms with van der Waals surface area (Å²) in [5.74, 6) is -1.12. The van der Waals surface area contributed by atoms with Crippen LogP contribution in [0, 0.1) is 0 Å². The van der Waals surface area contributed by atoms with Crippen LogP contribution in [0.5, 0.6) is 0 Å². The van der Waals surface area contributed by atoms with Gasteiger partial charge in [0, 0.05) is 6.54 Å². The molecule has 0 saturated carbocycles. The first-order chi connectivity index (χ1) is 11.0. The first-order valence-corrected chi connectivity index (χ1v) is 7.90. The summed E-state index contributed by atoms with van der Waals surface area (Å²) in [6.45, 7) is 2.40. The number of hydrogen-bond donors (Lipinski definition) is 3. The smallest absolute Gasteiger partial charge is 0.320 e. The third-order valence-corrected chi connectivity index (χ3v) is 3.68. The van der Waals surface area contributed by atoms with Crippen LogP contribution in [0.25, 0.3) is 0 Å². The minimum absolute atomic E-state index is 0.00586. The Balaban J connectivity index is 2.48. The van der Waals surface area contributed by atoms with E-state index < -0.39 is 12.0 Å². The number of amides is 1. The number of carboxylic acids is 1. The highest BCUT2D eigenvalue weighted by molar-refractivity contribution is 5.79. The Morgan fingerprint density at radius 3 is 2.39 bits per heavy atom. The van der Waals surface area contributed by atoms with E-state index in [1.54, 1.807) is 0 Å². The predicted octanol–water partition coefficient (Wildman–Crippen LogP) is 1.25. The van der Waals surface area contributed by atoms with E-state index in [4.69, 9.17) is 5.11 Å². The van der Waals surface area contributed by atoms with E-state index in [1.807, 2.05) is 56.3 Å². The molecule has 0 aromatic heterocycles. The molecule has 1 aromatic rings. The summed E-state index contributed by atoms with van der Waals surface area (Å²) >= 11 is 0. The molecule has 2 unspecified atom stereocenters. The van der Waals surface area contributed by atoms with Crippen LogP contribution in [0.4, 0.5) is 0 Å². The number of carbonyl (C=O) groups excluding carboxylic acids is 1. The van der Waals surface area contributed by atoms with Gasteiger partial charge in [0.15, 0.2) is 0 Å². The van der Waals surface area contributed by atoms with Gasteiger partial charge < -0.3 is 15.3 Å². The van der Waals surface area contributed by atoms with Crippen molar-refractivity contribution in [2.75, 3.05) is 27.2 Å². The molecule has 0 bridgehead atoms. The van der Waals surface area contributed by atoms with E-state index in [1.165, 1.54) is 0 Å². The fourth-order valence-electron chi connectivity index (χ4n) is 2.36. The molecule has 1 aromatic carbocycles. The Kier molecular flexibility index (Phi) is 8.29. The van der Waals surface area contributed by atoms with Gasteiger partial charge in [-0.3, -0.25) is 14.9 Å². The Labute approximate surface area is 137 Å². The summed E-state index contributed by atoms with van der Waals surface area (Å²) in [7, 11) is 3.92. The Morgan fingerprint density at radius 1 is 1.22 bits per heavy atom. The van der Waals surface area contributed by atoms with Crippen molar-refractivity contribution in [2.45, 2.75) is 31.8 Å². The molecule has 23 heavy (non-hydrogen) atoms. The van der Waals surface area contributed by atoms with E-state index in [0.29, 0.717) is 13.0 Å². The highest BCUT2D eigenvalue weighted by Crippen LogP contribution is 2.16. The number of nitrogens with one attached hydrogen (secondary N) is 2. The highest BCUT2D eigenvalue weighted by atomic mass is 16.4. The van der Waals surface area contributed by atoms with Crippen molar-refractivity contribution < 1.29 is 14.7 Å². The topological polar surface area (TPSA) is 81.7 Å². The summed E-state index contributed by atoms with van der Waals surface area (Å²) < 4.78 is 0. The number of aliphatic carboxylic acids is 1. The molecule has 0 saturated heterocycles. The van der Waals surface area contributed by atoms with E-state index in [9.17, 15) is 9.59 Å². The van der Waals surface area contributed by atoms with Gasteiger partial charge in [0.05, 0.1) is 12.6 Å². The van der Waals surface area contributed by atoms with Gasteiger partial charge in [0.1, 0.15) is 6.04 Å². The number of rotatable bonds is 10. The Bertz CT molecular complexity index is 491. The number of benzene rings is 1. The molecular weight excluding hydrogens is 294 g/mol. The molecule has 6 nitrogen and oxygen atoms in total. The summed E-state index contributed by atoms with van der Waals surface area (Å²) in [4.78, 5) is 25.0. The molecule has 2 atom stereocenters. The van der Waals surface area contributed by atoms with Crippen LogP contribution >= 0.6 is 0 Å². The van der Waals surface area contributed by atoms with Gasteiger partial charge in [-0.2, -0.15) is 0 Å². The molecule has 1 amide bonds. The van der Waals surface area contributed by atoms with Crippen LogP contribution in [-0.2, 0) is 9.59 Å². The molecule has 6 heteroatoms. The summed E-state index contributed by atoms with van der Waals surface area (Å²) in [6, 6.07) is 9.34. The van der Waals surface area contributed by atoms with Gasteiger partial charge in [-0.1, -0.05) is 43.7 Å². The number of hydrogen-bond acceptors (Lipinski definition) is 4. The van der Waals surface area contributed by atoms with Gasteiger partial charge in [0.25, 0.3) is 0 Å². The van der Waals surface area contributed by atoms with Crippen molar-refractivity contribution in [3.05, 3.63) is 35.9 Å². The maximum Gasteiger partial charge on any atom is 0.320 e. The third-order valence-electron chi connectivity index (χ3n) is 3.68. The Hall–Kier alpha value is -1.92. The van der Waals surface area contributed by atoms with Crippen molar-refractivity contribution in [3.63, 3.8) is 0 Å². The van der Waals surface area contributed by atoms with Crippen molar-refractivity contribution in [1.82, 2.24) is 15.5 Å². The average molecular weight is 321 g/mol. The second-order valence-corrected chi connectivity index (χ2v) is 5.75. The van der Waals surface area contributed by atoms with Crippen molar-refractivity contribution >= 4 is 11.9 Å². The monoisotopic (exact) mass is 321 g/mol. The first kappa shape index (κ1) is 19.1. The van der Waals surface area contributed by atoms with Gasteiger partial charge in [-0.25, -0.2) is 0 Å². The minimum atomic E-state index is -0.921. The summed E-state index contributed by atoms with van der Waals surface area (Å²) in [5.41, 5.74) is 1.13. The predicted molar refractivity (Wildman–Crippen MR) is 90.2 cm³/mol. The van der Waals surface area contributed by atoms with Gasteiger partial charge in [0.2, 0.25) is 5.91 Å². The average Bonchev–Trinajstić information content (AvgIpc) is 2.52. The van der Waals surface area contributed by atoms with E-state index >= 15 is 0 Å². The lowest BCUT2D eigenvalue weighted by molar-refractivity contribution is -0.139. The Morgan fingerprint density at radius 2 is 1.87 bits per heavy atom. The molecule has 0 aliphatic carbocycles. The second-order valence-electron chi connectivity index (χ2n) is 5.75. The lowest BCUT2D eigenvalue weighted by Crippen LogP contribution is -2.44. The number of nitrogens with zero attached hydrogens (tertiary/aromatic N) is 1. The third kappa shape index (κ3) is 6.80. The largest absolute Gasteiger partial charge is 0.480 e. The quantitative estimate of drug-likeness (QED) is 0.604. The number of carbonyl (C=O) groups is 2. The zero-order chi connectivity index (χ0) is 17.2. The maximum atomic E-state index is 11.9. The lowest BCUT2D eigenvalue weighted by Gasteiger charge is -2.25. The van der Waals surface area contributed by atoms with Gasteiger partial charge >= 0.3 is 5.97 Å². The number of carboxylic acid groups (broad SMARTS) is 1. The van der Waals surface area contributed by atoms with Gasteiger partial charge in [-0.15, -0.1) is 0 Å². The van der Waals surface area contributed by atoms with Crippen LogP contribution < -0.4 is 10.6 Å². The molecule has 0 heterocycles. The molecule has 0 radical (unpaired) electrons. The van der Waals surface area contributed by atoms with E-state index in [0.717, 1.165) is 12.0 Å². The molecular formula is C17H27N3O3. The number of likely N-dealkylation sites (N-methyl/N-ethyl adjacent to an activating group) is 1. The molecule has 0 aliphatic rings. The summed E-state index contributed by atoms with van der Waals surface area (Å²) in [6.07, 6.45) is 1.26. The molecule has 0 fully saturated rings. The molecule has 0 aliphatic heterocycles. The normalized spacial score (nSPS) is 13.6. The second kappa shape index (κ2) is 9.97. The van der Waals surface area contributed by atoms with Crippen molar-refractivity contribution in [3.8, 4) is 0 Å². The van der Waals surface area contributed by atoms with E-state index in [-0.39, 0.29) is 18.5 Å². The van der Waals surface area contributed by atoms with Crippen LogP contribution in [0.2, 0.25) is 0 Å². The molecule has 0 spiro atoms.